The van der Waals surface area contributed by atoms with Gasteiger partial charge in [0.15, 0.2) is 0 Å². The predicted octanol–water partition coefficient (Wildman–Crippen LogP) is 2.77. The van der Waals surface area contributed by atoms with Crippen LogP contribution in [0.25, 0.3) is 0 Å². The number of carbonyl (C=O) groups is 1. The van der Waals surface area contributed by atoms with Crippen molar-refractivity contribution in [1.82, 2.24) is 4.98 Å². The van der Waals surface area contributed by atoms with Gasteiger partial charge in [0.25, 0.3) is 0 Å². The first-order chi connectivity index (χ1) is 7.88. The monoisotopic (exact) mass is 234 g/mol. The molecule has 1 aromatic heterocycles. The zero-order valence-corrected chi connectivity index (χ0v) is 10.7. The fourth-order valence-electron chi connectivity index (χ4n) is 2.00. The van der Waals surface area contributed by atoms with Crippen LogP contribution in [0.5, 0.6) is 0 Å². The van der Waals surface area contributed by atoms with Crippen molar-refractivity contribution in [1.29, 1.82) is 0 Å². The van der Waals surface area contributed by atoms with Crippen LogP contribution in [-0.2, 0) is 11.2 Å². The molecule has 0 unspecified atom stereocenters. The van der Waals surface area contributed by atoms with Crippen LogP contribution in [-0.4, -0.2) is 22.7 Å². The van der Waals surface area contributed by atoms with E-state index in [1.807, 2.05) is 39.8 Å². The molecule has 0 saturated carbocycles. The Kier molecular flexibility index (Phi) is 2.81. The van der Waals surface area contributed by atoms with Crippen LogP contribution >= 0.6 is 0 Å². The Morgan fingerprint density at radius 3 is 2.88 bits per heavy atom. The van der Waals surface area contributed by atoms with E-state index >= 15 is 0 Å². The molecule has 1 aliphatic rings. The first-order valence-electron chi connectivity index (χ1n) is 5.84. The number of hydrogen-bond donors (Lipinski definition) is 0. The highest BCUT2D eigenvalue weighted by Crippen LogP contribution is 2.31. The van der Waals surface area contributed by atoms with Crippen LogP contribution in [0, 0.1) is 0 Å². The van der Waals surface area contributed by atoms with Crippen LogP contribution < -0.4 is 4.90 Å². The number of ether oxygens (including phenoxy) is 1. The Labute approximate surface area is 102 Å². The average Bonchev–Trinajstić information content (AvgIpc) is 2.50. The van der Waals surface area contributed by atoms with Crippen molar-refractivity contribution >= 4 is 11.8 Å². The van der Waals surface area contributed by atoms with Crippen molar-refractivity contribution in [3.05, 3.63) is 24.0 Å². The minimum atomic E-state index is -0.470. The highest BCUT2D eigenvalue weighted by Gasteiger charge is 2.34. The third-order valence-electron chi connectivity index (χ3n) is 2.65. The zero-order chi connectivity index (χ0) is 12.6. The smallest absolute Gasteiger partial charge is 0.415 e. The molecule has 92 valence electrons. The van der Waals surface area contributed by atoms with E-state index < -0.39 is 5.60 Å². The first-order valence-corrected chi connectivity index (χ1v) is 5.84. The van der Waals surface area contributed by atoms with Gasteiger partial charge in [0, 0.05) is 18.7 Å². The van der Waals surface area contributed by atoms with Crippen molar-refractivity contribution in [2.45, 2.75) is 45.8 Å². The molecule has 0 spiro atoms. The van der Waals surface area contributed by atoms with Gasteiger partial charge in [-0.15, -0.1) is 0 Å². The molecule has 0 N–H and O–H groups in total. The summed E-state index contributed by atoms with van der Waals surface area (Å²) in [7, 11) is 0. The number of fused-ring (bicyclic) bond motifs is 1. The first kappa shape index (κ1) is 11.9. The Bertz CT molecular complexity index is 437. The number of amides is 1. The van der Waals surface area contributed by atoms with Crippen LogP contribution in [0.4, 0.5) is 10.5 Å². The number of carbonyl (C=O) groups excluding carboxylic acids is 1. The molecule has 0 saturated heterocycles. The van der Waals surface area contributed by atoms with Gasteiger partial charge in [-0.3, -0.25) is 9.88 Å². The van der Waals surface area contributed by atoms with Crippen molar-refractivity contribution in [3.63, 3.8) is 0 Å². The van der Waals surface area contributed by atoms with Crippen molar-refractivity contribution in [2.24, 2.45) is 0 Å². The van der Waals surface area contributed by atoms with E-state index in [0.29, 0.717) is 0 Å². The highest BCUT2D eigenvalue weighted by atomic mass is 16.6. The van der Waals surface area contributed by atoms with E-state index in [4.69, 9.17) is 4.74 Å². The molecule has 2 heterocycles. The molecule has 0 bridgehead atoms. The van der Waals surface area contributed by atoms with Gasteiger partial charge >= 0.3 is 6.09 Å². The minimum Gasteiger partial charge on any atom is -0.443 e. The Balaban J connectivity index is 2.25. The quantitative estimate of drug-likeness (QED) is 0.693. The molecule has 1 aromatic rings. The molecule has 1 atom stereocenters. The second-order valence-electron chi connectivity index (χ2n) is 5.37. The van der Waals surface area contributed by atoms with Gasteiger partial charge in [0.05, 0.1) is 11.4 Å². The van der Waals surface area contributed by atoms with E-state index in [9.17, 15) is 4.79 Å². The number of rotatable bonds is 0. The molecule has 0 radical (unpaired) electrons. The lowest BCUT2D eigenvalue weighted by molar-refractivity contribution is 0.0572. The summed E-state index contributed by atoms with van der Waals surface area (Å²) in [6.45, 7) is 7.62. The molecule has 1 amide bonds. The summed E-state index contributed by atoms with van der Waals surface area (Å²) in [6.07, 6.45) is 2.25. The van der Waals surface area contributed by atoms with Crippen molar-refractivity contribution < 1.29 is 9.53 Å². The van der Waals surface area contributed by atoms with Crippen LogP contribution in [0.3, 0.4) is 0 Å². The minimum absolute atomic E-state index is 0.106. The largest absolute Gasteiger partial charge is 0.443 e. The van der Waals surface area contributed by atoms with Gasteiger partial charge in [-0.05, 0) is 39.8 Å². The van der Waals surface area contributed by atoms with Gasteiger partial charge in [0.1, 0.15) is 5.60 Å². The molecule has 4 heteroatoms. The maximum Gasteiger partial charge on any atom is 0.415 e. The molecule has 17 heavy (non-hydrogen) atoms. The number of nitrogens with zero attached hydrogens (tertiary/aromatic N) is 2. The van der Waals surface area contributed by atoms with Crippen LogP contribution in [0.2, 0.25) is 0 Å². The van der Waals surface area contributed by atoms with Gasteiger partial charge in [-0.25, -0.2) is 4.79 Å². The molecule has 0 aromatic carbocycles. The summed E-state index contributed by atoms with van der Waals surface area (Å²) in [4.78, 5) is 18.1. The predicted molar refractivity (Wildman–Crippen MR) is 66.1 cm³/mol. The molecule has 4 nitrogen and oxygen atoms in total. The standard InChI is InChI=1S/C13H18N2O2/c1-9-8-10-11(6-5-7-14-10)15(9)12(16)17-13(2,3)4/h5-7,9H,8H2,1-4H3/t9-/m1/s1. The van der Waals surface area contributed by atoms with E-state index in [0.717, 1.165) is 17.8 Å². The van der Waals surface area contributed by atoms with E-state index in [1.165, 1.54) is 0 Å². The number of pyridine rings is 1. The third kappa shape index (κ3) is 2.40. The molecule has 2 rings (SSSR count). The Morgan fingerprint density at radius 1 is 1.53 bits per heavy atom. The fraction of sp³-hybridized carbons (Fsp3) is 0.538. The summed E-state index contributed by atoms with van der Waals surface area (Å²) < 4.78 is 5.41. The van der Waals surface area contributed by atoms with E-state index in [1.54, 1.807) is 11.1 Å². The number of aromatic nitrogens is 1. The maximum atomic E-state index is 12.1. The third-order valence-corrected chi connectivity index (χ3v) is 2.65. The molecular weight excluding hydrogens is 216 g/mol. The lowest BCUT2D eigenvalue weighted by Crippen LogP contribution is -2.40. The zero-order valence-electron chi connectivity index (χ0n) is 10.7. The highest BCUT2D eigenvalue weighted by molar-refractivity contribution is 5.90. The summed E-state index contributed by atoms with van der Waals surface area (Å²) >= 11 is 0. The van der Waals surface area contributed by atoms with Gasteiger partial charge in [-0.1, -0.05) is 0 Å². The molecular formula is C13H18N2O2. The number of anilines is 1. The van der Waals surface area contributed by atoms with E-state index in [-0.39, 0.29) is 12.1 Å². The van der Waals surface area contributed by atoms with Gasteiger partial charge < -0.3 is 4.74 Å². The SMILES string of the molecule is C[C@@H]1Cc2ncccc2N1C(=O)OC(C)(C)C. The summed E-state index contributed by atoms with van der Waals surface area (Å²) in [5.41, 5.74) is 1.36. The Hall–Kier alpha value is -1.58. The lowest BCUT2D eigenvalue weighted by Gasteiger charge is -2.27. The van der Waals surface area contributed by atoms with Gasteiger partial charge in [-0.2, -0.15) is 0 Å². The second-order valence-corrected chi connectivity index (χ2v) is 5.37. The average molecular weight is 234 g/mol. The summed E-state index contributed by atoms with van der Waals surface area (Å²) in [6, 6.07) is 3.86. The molecule has 0 fully saturated rings. The maximum absolute atomic E-state index is 12.1. The number of hydrogen-bond acceptors (Lipinski definition) is 3. The van der Waals surface area contributed by atoms with Crippen molar-refractivity contribution in [3.8, 4) is 0 Å². The van der Waals surface area contributed by atoms with Crippen LogP contribution in [0.15, 0.2) is 18.3 Å². The fourth-order valence-corrected chi connectivity index (χ4v) is 2.00. The molecule has 1 aliphatic heterocycles. The Morgan fingerprint density at radius 2 is 2.24 bits per heavy atom. The second kappa shape index (κ2) is 4.02. The van der Waals surface area contributed by atoms with Crippen molar-refractivity contribution in [2.75, 3.05) is 4.90 Å². The normalized spacial score (nSPS) is 19.1. The summed E-state index contributed by atoms with van der Waals surface area (Å²) in [5.74, 6) is 0. The topological polar surface area (TPSA) is 42.4 Å². The summed E-state index contributed by atoms with van der Waals surface area (Å²) in [5, 5.41) is 0. The van der Waals surface area contributed by atoms with Crippen LogP contribution in [0.1, 0.15) is 33.4 Å². The van der Waals surface area contributed by atoms with E-state index in [2.05, 4.69) is 4.98 Å². The molecule has 0 aliphatic carbocycles. The lowest BCUT2D eigenvalue weighted by atomic mass is 10.2. The van der Waals surface area contributed by atoms with Gasteiger partial charge in [0.2, 0.25) is 0 Å².